The zero-order valence-corrected chi connectivity index (χ0v) is 16.0. The van der Waals surface area contributed by atoms with Crippen molar-refractivity contribution in [2.24, 2.45) is 0 Å². The zero-order chi connectivity index (χ0) is 18.9. The fraction of sp³-hybridized carbons (Fsp3) is 0.350. The molecule has 0 fully saturated rings. The highest BCUT2D eigenvalue weighted by Crippen LogP contribution is 2.41. The normalized spacial score (nSPS) is 17.7. The van der Waals surface area contributed by atoms with Crippen LogP contribution < -0.4 is 19.5 Å². The van der Waals surface area contributed by atoms with Crippen molar-refractivity contribution >= 4 is 17.5 Å². The summed E-state index contributed by atoms with van der Waals surface area (Å²) in [6.45, 7) is 4.00. The molecule has 0 aliphatic carbocycles. The van der Waals surface area contributed by atoms with E-state index < -0.39 is 5.60 Å². The van der Waals surface area contributed by atoms with Crippen molar-refractivity contribution < 1.29 is 19.0 Å². The Kier molecular flexibility index (Phi) is 5.01. The van der Waals surface area contributed by atoms with Gasteiger partial charge in [-0.1, -0.05) is 11.6 Å². The summed E-state index contributed by atoms with van der Waals surface area (Å²) in [5, 5.41) is 3.49. The highest BCUT2D eigenvalue weighted by molar-refractivity contribution is 6.32. The number of carbonyl (C=O) groups is 1. The number of hydrogen-bond acceptors (Lipinski definition) is 4. The van der Waals surface area contributed by atoms with Crippen LogP contribution in [0.25, 0.3) is 0 Å². The number of rotatable bonds is 4. The van der Waals surface area contributed by atoms with E-state index in [4.69, 9.17) is 25.8 Å². The van der Waals surface area contributed by atoms with Gasteiger partial charge in [0.15, 0.2) is 0 Å². The Morgan fingerprint density at radius 3 is 2.62 bits per heavy atom. The van der Waals surface area contributed by atoms with Crippen LogP contribution in [0, 0.1) is 0 Å². The molecule has 0 bridgehead atoms. The lowest BCUT2D eigenvalue weighted by molar-refractivity contribution is 0.0617. The first-order chi connectivity index (χ1) is 12.3. The summed E-state index contributed by atoms with van der Waals surface area (Å²) in [7, 11) is 3.15. The van der Waals surface area contributed by atoms with Crippen molar-refractivity contribution in [2.45, 2.75) is 31.9 Å². The maximum Gasteiger partial charge on any atom is 0.251 e. The van der Waals surface area contributed by atoms with Crippen LogP contribution in [-0.2, 0) is 0 Å². The molecule has 1 aliphatic heterocycles. The van der Waals surface area contributed by atoms with Gasteiger partial charge in [-0.25, -0.2) is 0 Å². The summed E-state index contributed by atoms with van der Waals surface area (Å²) in [6.07, 6.45) is 0.655. The van der Waals surface area contributed by atoms with E-state index in [-0.39, 0.29) is 11.9 Å². The van der Waals surface area contributed by atoms with Crippen molar-refractivity contribution in [1.29, 1.82) is 0 Å². The second kappa shape index (κ2) is 7.08. The molecular formula is C20H22ClNO4. The van der Waals surface area contributed by atoms with E-state index in [1.165, 1.54) is 7.11 Å². The minimum Gasteiger partial charge on any atom is -0.497 e. The molecule has 0 radical (unpaired) electrons. The number of hydrogen-bond donors (Lipinski definition) is 1. The topological polar surface area (TPSA) is 56.8 Å². The Hall–Kier alpha value is -2.40. The van der Waals surface area contributed by atoms with Gasteiger partial charge in [-0.3, -0.25) is 4.79 Å². The average Bonchev–Trinajstić information content (AvgIpc) is 2.60. The molecule has 6 heteroatoms. The van der Waals surface area contributed by atoms with Crippen LogP contribution in [0.1, 0.15) is 42.2 Å². The minimum absolute atomic E-state index is 0.173. The van der Waals surface area contributed by atoms with Crippen molar-refractivity contribution in [3.8, 4) is 17.2 Å². The van der Waals surface area contributed by atoms with Crippen LogP contribution in [0.4, 0.5) is 0 Å². The standard InChI is InChI=1S/C20H22ClNO4/c1-20(2)11-16(14-7-6-13(24-3)10-18(14)26-20)22-19(23)12-5-8-17(25-4)15(21)9-12/h5-10,16H,11H2,1-4H3,(H,22,23)/t16-/m1/s1. The second-order valence-corrected chi connectivity index (χ2v) is 7.25. The fourth-order valence-corrected chi connectivity index (χ4v) is 3.39. The molecule has 0 unspecified atom stereocenters. The number of amides is 1. The van der Waals surface area contributed by atoms with Gasteiger partial charge in [0.25, 0.3) is 5.91 Å². The largest absolute Gasteiger partial charge is 0.497 e. The summed E-state index contributed by atoms with van der Waals surface area (Å²) in [5.74, 6) is 1.78. The molecule has 1 N–H and O–H groups in total. The van der Waals surface area contributed by atoms with Crippen LogP contribution in [0.15, 0.2) is 36.4 Å². The van der Waals surface area contributed by atoms with Crippen molar-refractivity contribution in [1.82, 2.24) is 5.32 Å². The Labute approximate surface area is 158 Å². The molecule has 1 heterocycles. The Balaban J connectivity index is 1.87. The van der Waals surface area contributed by atoms with Crippen LogP contribution in [0.2, 0.25) is 5.02 Å². The average molecular weight is 376 g/mol. The Morgan fingerprint density at radius 2 is 1.96 bits per heavy atom. The molecule has 0 spiro atoms. The predicted molar refractivity (Wildman–Crippen MR) is 101 cm³/mol. The summed E-state index contributed by atoms with van der Waals surface area (Å²) >= 11 is 6.14. The molecule has 1 amide bonds. The van der Waals surface area contributed by atoms with Gasteiger partial charge in [-0.15, -0.1) is 0 Å². The van der Waals surface area contributed by atoms with Crippen LogP contribution in [-0.4, -0.2) is 25.7 Å². The number of halogens is 1. The zero-order valence-electron chi connectivity index (χ0n) is 15.3. The highest BCUT2D eigenvalue weighted by Gasteiger charge is 2.35. The molecule has 0 aromatic heterocycles. The Morgan fingerprint density at radius 1 is 1.19 bits per heavy atom. The molecule has 3 rings (SSSR count). The number of carbonyl (C=O) groups excluding carboxylic acids is 1. The van der Waals surface area contributed by atoms with Gasteiger partial charge in [-0.05, 0) is 44.2 Å². The van der Waals surface area contributed by atoms with Gasteiger partial charge in [0, 0.05) is 23.6 Å². The van der Waals surface area contributed by atoms with E-state index in [0.717, 1.165) is 11.3 Å². The third-order valence-electron chi connectivity index (χ3n) is 4.40. The predicted octanol–water partition coefficient (Wildman–Crippen LogP) is 4.39. The van der Waals surface area contributed by atoms with Gasteiger partial charge in [0.1, 0.15) is 22.8 Å². The van der Waals surface area contributed by atoms with E-state index in [2.05, 4.69) is 5.32 Å². The molecule has 5 nitrogen and oxygen atoms in total. The molecule has 0 saturated carbocycles. The van der Waals surface area contributed by atoms with Crippen LogP contribution in [0.5, 0.6) is 17.2 Å². The number of ether oxygens (including phenoxy) is 3. The molecule has 0 saturated heterocycles. The summed E-state index contributed by atoms with van der Waals surface area (Å²) < 4.78 is 16.5. The molecule has 1 atom stereocenters. The number of nitrogens with one attached hydrogen (secondary N) is 1. The van der Waals surface area contributed by atoms with Crippen molar-refractivity contribution in [2.75, 3.05) is 14.2 Å². The van der Waals surface area contributed by atoms with Gasteiger partial charge in [-0.2, -0.15) is 0 Å². The maximum atomic E-state index is 12.7. The molecule has 1 aliphatic rings. The SMILES string of the molecule is COc1ccc2c(c1)OC(C)(C)C[C@H]2NC(=O)c1ccc(OC)c(Cl)c1. The Bertz CT molecular complexity index is 835. The highest BCUT2D eigenvalue weighted by atomic mass is 35.5. The lowest BCUT2D eigenvalue weighted by Gasteiger charge is -2.38. The van der Waals surface area contributed by atoms with Gasteiger partial charge in [0.05, 0.1) is 25.3 Å². The molecule has 26 heavy (non-hydrogen) atoms. The third-order valence-corrected chi connectivity index (χ3v) is 4.69. The number of benzene rings is 2. The van der Waals surface area contributed by atoms with Crippen molar-refractivity contribution in [3.05, 3.63) is 52.5 Å². The van der Waals surface area contributed by atoms with E-state index >= 15 is 0 Å². The summed E-state index contributed by atoms with van der Waals surface area (Å²) in [4.78, 5) is 12.7. The molecule has 2 aromatic rings. The molecule has 2 aromatic carbocycles. The van der Waals surface area contributed by atoms with Crippen LogP contribution >= 0.6 is 11.6 Å². The second-order valence-electron chi connectivity index (χ2n) is 6.85. The fourth-order valence-electron chi connectivity index (χ4n) is 3.14. The first-order valence-corrected chi connectivity index (χ1v) is 8.72. The lowest BCUT2D eigenvalue weighted by atomic mass is 9.89. The smallest absolute Gasteiger partial charge is 0.251 e. The summed E-state index contributed by atoms with van der Waals surface area (Å²) in [6, 6.07) is 10.4. The molecular weight excluding hydrogens is 354 g/mol. The van der Waals surface area contributed by atoms with Gasteiger partial charge in [0.2, 0.25) is 0 Å². The molecule has 138 valence electrons. The van der Waals surface area contributed by atoms with E-state index in [1.54, 1.807) is 25.3 Å². The van der Waals surface area contributed by atoms with E-state index in [1.807, 2.05) is 32.0 Å². The number of fused-ring (bicyclic) bond motifs is 1. The summed E-state index contributed by atoms with van der Waals surface area (Å²) in [5.41, 5.74) is 1.00. The van der Waals surface area contributed by atoms with Crippen LogP contribution in [0.3, 0.4) is 0 Å². The maximum absolute atomic E-state index is 12.7. The van der Waals surface area contributed by atoms with Crippen molar-refractivity contribution in [3.63, 3.8) is 0 Å². The van der Waals surface area contributed by atoms with Gasteiger partial charge >= 0.3 is 0 Å². The van der Waals surface area contributed by atoms with E-state index in [0.29, 0.717) is 28.5 Å². The lowest BCUT2D eigenvalue weighted by Crippen LogP contribution is -2.41. The first kappa shape index (κ1) is 18.4. The number of methoxy groups -OCH3 is 2. The minimum atomic E-state index is -0.408. The first-order valence-electron chi connectivity index (χ1n) is 8.34. The van der Waals surface area contributed by atoms with Gasteiger partial charge < -0.3 is 19.5 Å². The monoisotopic (exact) mass is 375 g/mol. The third kappa shape index (κ3) is 3.73. The van der Waals surface area contributed by atoms with E-state index in [9.17, 15) is 4.79 Å². The quantitative estimate of drug-likeness (QED) is 0.861.